The van der Waals surface area contributed by atoms with Gasteiger partial charge in [0.1, 0.15) is 16.5 Å². The van der Waals surface area contributed by atoms with Gasteiger partial charge in [0.25, 0.3) is 0 Å². The van der Waals surface area contributed by atoms with Gasteiger partial charge in [-0.05, 0) is 19.1 Å². The van der Waals surface area contributed by atoms with Gasteiger partial charge < -0.3 is 15.8 Å². The van der Waals surface area contributed by atoms with E-state index in [1.807, 2.05) is 0 Å². The van der Waals surface area contributed by atoms with Crippen LogP contribution in [0, 0.1) is 5.82 Å². The zero-order valence-corrected chi connectivity index (χ0v) is 11.6. The summed E-state index contributed by atoms with van der Waals surface area (Å²) >= 11 is 4.78. The van der Waals surface area contributed by atoms with Crippen molar-refractivity contribution in [2.24, 2.45) is 5.73 Å². The van der Waals surface area contributed by atoms with Crippen LogP contribution in [0.3, 0.4) is 0 Å². The van der Waals surface area contributed by atoms with E-state index in [1.165, 1.54) is 18.5 Å². The molecule has 1 aromatic carbocycles. The number of halogens is 1. The summed E-state index contributed by atoms with van der Waals surface area (Å²) in [6, 6.07) is 4.57. The van der Waals surface area contributed by atoms with E-state index in [0.717, 1.165) is 0 Å². The van der Waals surface area contributed by atoms with Crippen molar-refractivity contribution in [1.29, 1.82) is 0 Å². The molecule has 0 radical (unpaired) electrons. The summed E-state index contributed by atoms with van der Waals surface area (Å²) in [4.78, 5) is 8.30. The molecule has 7 heteroatoms. The molecule has 104 valence electrons. The van der Waals surface area contributed by atoms with Crippen LogP contribution in [0.4, 0.5) is 15.9 Å². The summed E-state index contributed by atoms with van der Waals surface area (Å²) in [5.74, 6) is 0.242. The number of benzene rings is 1. The molecule has 0 saturated heterocycles. The average Bonchev–Trinajstić information content (AvgIpc) is 2.42. The third-order valence-corrected chi connectivity index (χ3v) is 2.62. The highest BCUT2D eigenvalue weighted by atomic mass is 32.1. The fourth-order valence-electron chi connectivity index (χ4n) is 1.52. The van der Waals surface area contributed by atoms with Crippen molar-refractivity contribution in [3.05, 3.63) is 42.1 Å². The van der Waals surface area contributed by atoms with E-state index in [0.29, 0.717) is 23.8 Å². The molecular weight excluding hydrogens is 279 g/mol. The molecule has 0 aliphatic rings. The molecule has 1 heterocycles. The molecule has 1 aromatic heterocycles. The molecule has 0 spiro atoms. The lowest BCUT2D eigenvalue weighted by molar-refractivity contribution is 0.321. The van der Waals surface area contributed by atoms with E-state index in [9.17, 15) is 4.39 Å². The zero-order chi connectivity index (χ0) is 14.5. The Balaban J connectivity index is 2.13. The van der Waals surface area contributed by atoms with Crippen molar-refractivity contribution in [3.63, 3.8) is 0 Å². The molecule has 5 nitrogen and oxygen atoms in total. The number of nitrogens with two attached hydrogens (primary N) is 1. The van der Waals surface area contributed by atoms with Gasteiger partial charge in [-0.1, -0.05) is 12.2 Å². The van der Waals surface area contributed by atoms with Crippen LogP contribution in [0.2, 0.25) is 0 Å². The van der Waals surface area contributed by atoms with Crippen LogP contribution in [0.5, 0.6) is 5.75 Å². The van der Waals surface area contributed by atoms with E-state index in [1.54, 1.807) is 19.1 Å². The Morgan fingerprint density at radius 3 is 2.75 bits per heavy atom. The smallest absolute Gasteiger partial charge is 0.167 e. The zero-order valence-electron chi connectivity index (χ0n) is 10.8. The Hall–Kier alpha value is -2.28. The van der Waals surface area contributed by atoms with E-state index in [-0.39, 0.29) is 10.7 Å². The molecule has 3 N–H and O–H groups in total. The highest BCUT2D eigenvalue weighted by Gasteiger charge is 2.05. The van der Waals surface area contributed by atoms with Gasteiger partial charge in [-0.3, -0.25) is 0 Å². The molecule has 0 saturated carbocycles. The molecule has 0 atom stereocenters. The number of hydrogen-bond acceptors (Lipinski definition) is 5. The van der Waals surface area contributed by atoms with Crippen LogP contribution < -0.4 is 15.8 Å². The van der Waals surface area contributed by atoms with Crippen LogP contribution in [-0.2, 0) is 0 Å². The topological polar surface area (TPSA) is 73.1 Å². The Morgan fingerprint density at radius 2 is 2.20 bits per heavy atom. The average molecular weight is 292 g/mol. The Bertz CT molecular complexity index is 618. The normalized spacial score (nSPS) is 10.1. The summed E-state index contributed by atoms with van der Waals surface area (Å²) in [6.45, 7) is 2.21. The minimum Gasteiger partial charge on any atom is -0.491 e. The number of anilines is 2. The first-order valence-electron chi connectivity index (χ1n) is 5.91. The van der Waals surface area contributed by atoms with Crippen molar-refractivity contribution in [2.45, 2.75) is 6.92 Å². The Kier molecular flexibility index (Phi) is 4.41. The summed E-state index contributed by atoms with van der Waals surface area (Å²) < 4.78 is 18.8. The second-order valence-corrected chi connectivity index (χ2v) is 4.29. The molecule has 0 fully saturated rings. The molecule has 0 unspecified atom stereocenters. The number of ether oxygens (including phenoxy) is 1. The molecule has 0 amide bonds. The van der Waals surface area contributed by atoms with Crippen LogP contribution in [0.15, 0.2) is 30.6 Å². The van der Waals surface area contributed by atoms with Gasteiger partial charge in [0, 0.05) is 11.8 Å². The van der Waals surface area contributed by atoms with Crippen LogP contribution in [0.1, 0.15) is 12.6 Å². The van der Waals surface area contributed by atoms with Crippen molar-refractivity contribution in [2.75, 3.05) is 11.9 Å². The van der Waals surface area contributed by atoms with E-state index < -0.39 is 5.82 Å². The predicted molar refractivity (Wildman–Crippen MR) is 78.8 cm³/mol. The Labute approximate surface area is 121 Å². The molecule has 20 heavy (non-hydrogen) atoms. The standard InChI is InChI=1S/C13H13FN4OS/c1-2-19-11-4-3-8(5-9(11)14)18-12-7-16-10(6-17-12)13(15)20/h3-7H,2H2,1H3,(H2,15,20)(H,17,18). The first-order chi connectivity index (χ1) is 9.60. The fourth-order valence-corrected chi connectivity index (χ4v) is 1.62. The van der Waals surface area contributed by atoms with Crippen molar-refractivity contribution in [3.8, 4) is 5.75 Å². The van der Waals surface area contributed by atoms with Crippen LogP contribution in [0.25, 0.3) is 0 Å². The highest BCUT2D eigenvalue weighted by Crippen LogP contribution is 2.22. The van der Waals surface area contributed by atoms with E-state index >= 15 is 0 Å². The fraction of sp³-hybridized carbons (Fsp3) is 0.154. The molecular formula is C13H13FN4OS. The quantitative estimate of drug-likeness (QED) is 0.824. The van der Waals surface area contributed by atoms with Crippen molar-refractivity contribution < 1.29 is 9.13 Å². The third kappa shape index (κ3) is 3.39. The van der Waals surface area contributed by atoms with Gasteiger partial charge in [0.15, 0.2) is 11.6 Å². The second kappa shape index (κ2) is 6.25. The SMILES string of the molecule is CCOc1ccc(Nc2cnc(C(N)=S)cn2)cc1F. The lowest BCUT2D eigenvalue weighted by Crippen LogP contribution is -2.12. The van der Waals surface area contributed by atoms with Crippen molar-refractivity contribution >= 4 is 28.7 Å². The first-order valence-corrected chi connectivity index (χ1v) is 6.32. The lowest BCUT2D eigenvalue weighted by atomic mass is 10.3. The number of nitrogens with zero attached hydrogens (tertiary/aromatic N) is 2. The monoisotopic (exact) mass is 292 g/mol. The summed E-state index contributed by atoms with van der Waals surface area (Å²) in [7, 11) is 0. The molecule has 2 rings (SSSR count). The molecule has 2 aromatic rings. The first kappa shape index (κ1) is 14.1. The van der Waals surface area contributed by atoms with Crippen molar-refractivity contribution in [1.82, 2.24) is 9.97 Å². The largest absolute Gasteiger partial charge is 0.491 e. The number of hydrogen-bond donors (Lipinski definition) is 2. The van der Waals surface area contributed by atoms with Gasteiger partial charge in [0.05, 0.1) is 19.0 Å². The Morgan fingerprint density at radius 1 is 1.40 bits per heavy atom. The minimum atomic E-state index is -0.440. The van der Waals surface area contributed by atoms with E-state index in [4.69, 9.17) is 22.7 Å². The number of thiocarbonyl (C=S) groups is 1. The summed E-state index contributed by atoms with van der Waals surface area (Å²) in [5, 5.41) is 2.93. The molecule has 0 bridgehead atoms. The van der Waals surface area contributed by atoms with Gasteiger partial charge in [-0.25, -0.2) is 14.4 Å². The number of aromatic nitrogens is 2. The summed E-state index contributed by atoms with van der Waals surface area (Å²) in [6.07, 6.45) is 2.93. The predicted octanol–water partition coefficient (Wildman–Crippen LogP) is 2.39. The minimum absolute atomic E-state index is 0.177. The maximum Gasteiger partial charge on any atom is 0.167 e. The van der Waals surface area contributed by atoms with Gasteiger partial charge >= 0.3 is 0 Å². The number of nitrogens with one attached hydrogen (secondary N) is 1. The summed E-state index contributed by atoms with van der Waals surface area (Å²) in [5.41, 5.74) is 6.40. The molecule has 0 aliphatic heterocycles. The van der Waals surface area contributed by atoms with E-state index in [2.05, 4.69) is 15.3 Å². The maximum absolute atomic E-state index is 13.7. The number of rotatable bonds is 5. The molecule has 0 aliphatic carbocycles. The van der Waals surface area contributed by atoms with Gasteiger partial charge in [-0.15, -0.1) is 0 Å². The van der Waals surface area contributed by atoms with Crippen LogP contribution in [-0.4, -0.2) is 21.6 Å². The maximum atomic E-state index is 13.7. The highest BCUT2D eigenvalue weighted by molar-refractivity contribution is 7.80. The van der Waals surface area contributed by atoms with Gasteiger partial charge in [0.2, 0.25) is 0 Å². The van der Waals surface area contributed by atoms with Crippen LogP contribution >= 0.6 is 12.2 Å². The third-order valence-electron chi connectivity index (χ3n) is 2.41. The lowest BCUT2D eigenvalue weighted by Gasteiger charge is -2.08. The second-order valence-electron chi connectivity index (χ2n) is 3.85. The van der Waals surface area contributed by atoms with Gasteiger partial charge in [-0.2, -0.15) is 0 Å².